The zero-order valence-corrected chi connectivity index (χ0v) is 12.8. The van der Waals surface area contributed by atoms with E-state index in [0.717, 1.165) is 13.0 Å². The molecule has 1 heterocycles. The molecule has 2 nitrogen and oxygen atoms in total. The van der Waals surface area contributed by atoms with Gasteiger partial charge >= 0.3 is 0 Å². The number of hydrogen-bond acceptors (Lipinski definition) is 2. The summed E-state index contributed by atoms with van der Waals surface area (Å²) in [4.78, 5) is 0. The summed E-state index contributed by atoms with van der Waals surface area (Å²) in [6.45, 7) is 0.918. The van der Waals surface area contributed by atoms with Gasteiger partial charge in [-0.05, 0) is 66.5 Å². The fourth-order valence-corrected chi connectivity index (χ4v) is 3.88. The highest BCUT2D eigenvalue weighted by molar-refractivity contribution is 14.1. The van der Waals surface area contributed by atoms with Crippen molar-refractivity contribution in [1.29, 1.82) is 0 Å². The molecule has 18 heavy (non-hydrogen) atoms. The Morgan fingerprint density at radius 3 is 2.89 bits per heavy atom. The van der Waals surface area contributed by atoms with Crippen LogP contribution in [0.15, 0.2) is 24.3 Å². The lowest BCUT2D eigenvalue weighted by atomic mass is 9.89. The Morgan fingerprint density at radius 1 is 1.28 bits per heavy atom. The maximum atomic E-state index is 6.08. The molecule has 0 amide bonds. The van der Waals surface area contributed by atoms with E-state index in [0.29, 0.717) is 6.04 Å². The first-order valence-electron chi connectivity index (χ1n) is 6.92. The molecule has 0 bridgehead atoms. The second kappa shape index (κ2) is 5.37. The Kier molecular flexibility index (Phi) is 3.80. The quantitative estimate of drug-likeness (QED) is 0.802. The normalized spacial score (nSPS) is 26.4. The first kappa shape index (κ1) is 12.7. The van der Waals surface area contributed by atoms with E-state index in [4.69, 9.17) is 4.74 Å². The Balaban J connectivity index is 1.66. The minimum Gasteiger partial charge on any atom is -0.382 e. The summed E-state index contributed by atoms with van der Waals surface area (Å²) < 4.78 is 7.37. The van der Waals surface area contributed by atoms with Gasteiger partial charge in [0.25, 0.3) is 0 Å². The zero-order valence-electron chi connectivity index (χ0n) is 10.6. The third-order valence-electron chi connectivity index (χ3n) is 4.20. The van der Waals surface area contributed by atoms with Crippen LogP contribution < -0.4 is 5.32 Å². The minimum atomic E-state index is 0.206. The summed E-state index contributed by atoms with van der Waals surface area (Å²) in [6.07, 6.45) is 7.52. The largest absolute Gasteiger partial charge is 0.382 e. The number of nitrogens with one attached hydrogen (secondary N) is 1. The average molecular weight is 357 g/mol. The Morgan fingerprint density at radius 2 is 2.11 bits per heavy atom. The van der Waals surface area contributed by atoms with Crippen LogP contribution in [-0.2, 0) is 4.74 Å². The van der Waals surface area contributed by atoms with Crippen LogP contribution in [-0.4, -0.2) is 18.2 Å². The highest BCUT2D eigenvalue weighted by Gasteiger charge is 2.39. The van der Waals surface area contributed by atoms with Crippen LogP contribution in [0.4, 0.5) is 5.69 Å². The molecule has 1 N–H and O–H groups in total. The smallest absolute Gasteiger partial charge is 0.0702 e. The van der Waals surface area contributed by atoms with Gasteiger partial charge in [-0.1, -0.05) is 18.9 Å². The molecule has 1 spiro atoms. The van der Waals surface area contributed by atoms with Crippen LogP contribution in [0.3, 0.4) is 0 Å². The van der Waals surface area contributed by atoms with Crippen LogP contribution in [0.5, 0.6) is 0 Å². The average Bonchev–Trinajstić information content (AvgIpc) is 2.77. The van der Waals surface area contributed by atoms with Gasteiger partial charge in [-0.25, -0.2) is 0 Å². The molecule has 1 aliphatic heterocycles. The van der Waals surface area contributed by atoms with Gasteiger partial charge in [0.1, 0.15) is 0 Å². The van der Waals surface area contributed by atoms with Crippen molar-refractivity contribution in [1.82, 2.24) is 0 Å². The van der Waals surface area contributed by atoms with E-state index in [-0.39, 0.29) is 5.60 Å². The van der Waals surface area contributed by atoms with Crippen molar-refractivity contribution in [2.45, 2.75) is 50.2 Å². The van der Waals surface area contributed by atoms with Crippen LogP contribution in [0.1, 0.15) is 38.5 Å². The molecule has 3 heteroatoms. The maximum Gasteiger partial charge on any atom is 0.0702 e. The molecule has 1 atom stereocenters. The fraction of sp³-hybridized carbons (Fsp3) is 0.600. The molecular formula is C15H20INO. The van der Waals surface area contributed by atoms with Gasteiger partial charge in [-0.2, -0.15) is 0 Å². The number of rotatable bonds is 2. The summed E-state index contributed by atoms with van der Waals surface area (Å²) >= 11 is 2.37. The molecule has 0 radical (unpaired) electrons. The van der Waals surface area contributed by atoms with Gasteiger partial charge in [0, 0.05) is 21.9 Å². The van der Waals surface area contributed by atoms with E-state index < -0.39 is 0 Å². The third kappa shape index (κ3) is 2.82. The van der Waals surface area contributed by atoms with Gasteiger partial charge in [0.15, 0.2) is 0 Å². The highest BCUT2D eigenvalue weighted by Crippen LogP contribution is 2.40. The second-order valence-electron chi connectivity index (χ2n) is 5.58. The van der Waals surface area contributed by atoms with E-state index in [2.05, 4.69) is 52.2 Å². The molecule has 1 saturated heterocycles. The number of ether oxygens (including phenoxy) is 1. The van der Waals surface area contributed by atoms with E-state index in [9.17, 15) is 0 Å². The monoisotopic (exact) mass is 357 g/mol. The summed E-state index contributed by atoms with van der Waals surface area (Å²) in [5, 5.41) is 3.69. The Hall–Kier alpha value is -0.290. The van der Waals surface area contributed by atoms with Crippen molar-refractivity contribution >= 4 is 28.3 Å². The van der Waals surface area contributed by atoms with Crippen molar-refractivity contribution in [2.75, 3.05) is 11.9 Å². The van der Waals surface area contributed by atoms with Crippen molar-refractivity contribution in [3.8, 4) is 0 Å². The molecular weight excluding hydrogens is 337 g/mol. The zero-order chi connectivity index (χ0) is 12.4. The molecule has 0 aromatic heterocycles. The molecule has 1 aromatic rings. The Labute approximate surface area is 123 Å². The third-order valence-corrected chi connectivity index (χ3v) is 4.87. The molecule has 1 aromatic carbocycles. The Bertz CT molecular complexity index is 415. The lowest BCUT2D eigenvalue weighted by molar-refractivity contribution is -0.0767. The van der Waals surface area contributed by atoms with Crippen LogP contribution in [0, 0.1) is 3.57 Å². The number of hydrogen-bond donors (Lipinski definition) is 1. The topological polar surface area (TPSA) is 21.3 Å². The first-order valence-corrected chi connectivity index (χ1v) is 8.00. The summed E-state index contributed by atoms with van der Waals surface area (Å²) in [5.74, 6) is 0. The first-order chi connectivity index (χ1) is 8.76. The van der Waals surface area contributed by atoms with E-state index in [1.165, 1.54) is 41.4 Å². The number of benzene rings is 1. The molecule has 1 aliphatic carbocycles. The molecule has 98 valence electrons. The van der Waals surface area contributed by atoms with Gasteiger partial charge in [0.2, 0.25) is 0 Å². The van der Waals surface area contributed by atoms with E-state index in [1.54, 1.807) is 0 Å². The fourth-order valence-electron chi connectivity index (χ4n) is 3.33. The van der Waals surface area contributed by atoms with Crippen molar-refractivity contribution in [2.24, 2.45) is 0 Å². The summed E-state index contributed by atoms with van der Waals surface area (Å²) in [7, 11) is 0. The SMILES string of the molecule is Ic1cccc(NC2CCOC3(CCCC3)C2)c1. The summed E-state index contributed by atoms with van der Waals surface area (Å²) in [5.41, 5.74) is 1.46. The highest BCUT2D eigenvalue weighted by atomic mass is 127. The minimum absolute atomic E-state index is 0.206. The van der Waals surface area contributed by atoms with Gasteiger partial charge in [0.05, 0.1) is 5.60 Å². The van der Waals surface area contributed by atoms with Gasteiger partial charge in [-0.15, -0.1) is 0 Å². The van der Waals surface area contributed by atoms with Crippen molar-refractivity contribution in [3.05, 3.63) is 27.8 Å². The van der Waals surface area contributed by atoms with Crippen LogP contribution >= 0.6 is 22.6 Å². The van der Waals surface area contributed by atoms with Crippen molar-refractivity contribution in [3.63, 3.8) is 0 Å². The lowest BCUT2D eigenvalue weighted by Crippen LogP contribution is -2.42. The van der Waals surface area contributed by atoms with Crippen LogP contribution in [0.25, 0.3) is 0 Å². The predicted molar refractivity (Wildman–Crippen MR) is 83.0 cm³/mol. The van der Waals surface area contributed by atoms with E-state index in [1.807, 2.05) is 0 Å². The predicted octanol–water partition coefficient (Wildman–Crippen LogP) is 4.19. The maximum absolute atomic E-state index is 6.08. The summed E-state index contributed by atoms with van der Waals surface area (Å²) in [6, 6.07) is 9.22. The standard InChI is InChI=1S/C15H20INO/c16-12-4-3-5-13(10-12)17-14-6-9-18-15(11-14)7-1-2-8-15/h3-5,10,14,17H,1-2,6-9,11H2. The molecule has 1 unspecified atom stereocenters. The second-order valence-corrected chi connectivity index (χ2v) is 6.83. The van der Waals surface area contributed by atoms with E-state index >= 15 is 0 Å². The molecule has 2 aliphatic rings. The molecule has 2 fully saturated rings. The molecule has 1 saturated carbocycles. The van der Waals surface area contributed by atoms with Crippen molar-refractivity contribution < 1.29 is 4.74 Å². The number of halogens is 1. The lowest BCUT2D eigenvalue weighted by Gasteiger charge is -2.39. The van der Waals surface area contributed by atoms with Crippen LogP contribution in [0.2, 0.25) is 0 Å². The number of anilines is 1. The van der Waals surface area contributed by atoms with Gasteiger partial charge in [-0.3, -0.25) is 0 Å². The van der Waals surface area contributed by atoms with Gasteiger partial charge < -0.3 is 10.1 Å². The molecule has 3 rings (SSSR count).